The summed E-state index contributed by atoms with van der Waals surface area (Å²) in [4.78, 5) is 0. The summed E-state index contributed by atoms with van der Waals surface area (Å²) in [5.41, 5.74) is 6.74. The number of hydrogen-bond acceptors (Lipinski definition) is 2. The molecular weight excluding hydrogens is 248 g/mol. The molecule has 0 radical (unpaired) electrons. The summed E-state index contributed by atoms with van der Waals surface area (Å²) in [7, 11) is 0. The summed E-state index contributed by atoms with van der Waals surface area (Å²) in [5, 5.41) is 0. The van der Waals surface area contributed by atoms with Crippen LogP contribution in [0.2, 0.25) is 0 Å². The molecule has 0 unspecified atom stereocenters. The molecule has 19 heavy (non-hydrogen) atoms. The first-order valence-electron chi connectivity index (χ1n) is 6.05. The highest BCUT2D eigenvalue weighted by atomic mass is 19.1. The number of hydrogen-bond donors (Lipinski definition) is 1. The Hall–Kier alpha value is -1.94. The zero-order valence-corrected chi connectivity index (χ0v) is 10.4. The topological polar surface area (TPSA) is 35.2 Å². The molecule has 0 saturated heterocycles. The van der Waals surface area contributed by atoms with Gasteiger partial charge < -0.3 is 10.5 Å². The van der Waals surface area contributed by atoms with Crippen LogP contribution in [0.15, 0.2) is 42.5 Å². The molecule has 0 atom stereocenters. The Morgan fingerprint density at radius 1 is 0.947 bits per heavy atom. The van der Waals surface area contributed by atoms with E-state index in [2.05, 4.69) is 0 Å². The Morgan fingerprint density at radius 3 is 2.16 bits per heavy atom. The lowest BCUT2D eigenvalue weighted by Crippen LogP contribution is -2.05. The van der Waals surface area contributed by atoms with E-state index in [0.29, 0.717) is 18.5 Å². The Kier molecular flexibility index (Phi) is 4.47. The SMILES string of the molecule is NCCc1cc(F)c(OCc2ccccc2)c(F)c1. The van der Waals surface area contributed by atoms with Crippen LogP contribution in [0.4, 0.5) is 8.78 Å². The van der Waals surface area contributed by atoms with Crippen molar-refractivity contribution in [1.29, 1.82) is 0 Å². The van der Waals surface area contributed by atoms with Crippen molar-refractivity contribution in [3.8, 4) is 5.75 Å². The van der Waals surface area contributed by atoms with Crippen LogP contribution in [-0.2, 0) is 13.0 Å². The fourth-order valence-corrected chi connectivity index (χ4v) is 1.79. The van der Waals surface area contributed by atoms with E-state index in [1.807, 2.05) is 30.3 Å². The van der Waals surface area contributed by atoms with Crippen molar-refractivity contribution >= 4 is 0 Å². The monoisotopic (exact) mass is 263 g/mol. The summed E-state index contributed by atoms with van der Waals surface area (Å²) >= 11 is 0. The van der Waals surface area contributed by atoms with E-state index in [4.69, 9.17) is 10.5 Å². The highest BCUT2D eigenvalue weighted by Gasteiger charge is 2.12. The van der Waals surface area contributed by atoms with Crippen LogP contribution < -0.4 is 10.5 Å². The van der Waals surface area contributed by atoms with Gasteiger partial charge in [0.05, 0.1) is 0 Å². The summed E-state index contributed by atoms with van der Waals surface area (Å²) in [6, 6.07) is 11.7. The van der Waals surface area contributed by atoms with Crippen molar-refractivity contribution in [3.63, 3.8) is 0 Å². The van der Waals surface area contributed by atoms with Gasteiger partial charge >= 0.3 is 0 Å². The molecule has 2 nitrogen and oxygen atoms in total. The summed E-state index contributed by atoms with van der Waals surface area (Å²) in [6.07, 6.45) is 0.437. The van der Waals surface area contributed by atoms with E-state index < -0.39 is 11.6 Å². The first-order valence-corrected chi connectivity index (χ1v) is 6.05. The molecule has 0 aliphatic carbocycles. The summed E-state index contributed by atoms with van der Waals surface area (Å²) in [6.45, 7) is 0.480. The van der Waals surface area contributed by atoms with Gasteiger partial charge in [0.1, 0.15) is 6.61 Å². The average molecular weight is 263 g/mol. The second-order valence-electron chi connectivity index (χ2n) is 4.20. The van der Waals surface area contributed by atoms with E-state index in [9.17, 15) is 8.78 Å². The normalized spacial score (nSPS) is 10.5. The first-order chi connectivity index (χ1) is 9.20. The lowest BCUT2D eigenvalue weighted by Gasteiger charge is -2.10. The maximum absolute atomic E-state index is 13.7. The molecule has 0 aromatic heterocycles. The quantitative estimate of drug-likeness (QED) is 0.899. The minimum atomic E-state index is -0.695. The van der Waals surface area contributed by atoms with Crippen molar-refractivity contribution in [2.24, 2.45) is 5.73 Å². The average Bonchev–Trinajstić information content (AvgIpc) is 2.39. The van der Waals surface area contributed by atoms with E-state index >= 15 is 0 Å². The van der Waals surface area contributed by atoms with Crippen LogP contribution in [0.3, 0.4) is 0 Å². The molecule has 0 saturated carbocycles. The van der Waals surface area contributed by atoms with Crippen LogP contribution in [-0.4, -0.2) is 6.54 Å². The van der Waals surface area contributed by atoms with Crippen LogP contribution in [0.25, 0.3) is 0 Å². The molecular formula is C15H15F2NO. The van der Waals surface area contributed by atoms with Gasteiger partial charge in [-0.25, -0.2) is 8.78 Å². The maximum Gasteiger partial charge on any atom is 0.191 e. The van der Waals surface area contributed by atoms with E-state index in [0.717, 1.165) is 5.56 Å². The Labute approximate surface area is 110 Å². The highest BCUT2D eigenvalue weighted by Crippen LogP contribution is 2.24. The van der Waals surface area contributed by atoms with Crippen LogP contribution in [0.5, 0.6) is 5.75 Å². The molecule has 0 fully saturated rings. The highest BCUT2D eigenvalue weighted by molar-refractivity contribution is 5.32. The number of halogens is 2. The molecule has 100 valence electrons. The minimum absolute atomic E-state index is 0.130. The lowest BCUT2D eigenvalue weighted by atomic mass is 10.1. The van der Waals surface area contributed by atoms with Crippen molar-refractivity contribution in [2.45, 2.75) is 13.0 Å². The molecule has 0 bridgehead atoms. The second-order valence-corrected chi connectivity index (χ2v) is 4.20. The third-order valence-corrected chi connectivity index (χ3v) is 2.72. The van der Waals surface area contributed by atoms with Gasteiger partial charge in [-0.3, -0.25) is 0 Å². The van der Waals surface area contributed by atoms with Crippen LogP contribution in [0, 0.1) is 11.6 Å². The summed E-state index contributed by atoms with van der Waals surface area (Å²) in [5.74, 6) is -1.73. The minimum Gasteiger partial charge on any atom is -0.483 e. The van der Waals surface area contributed by atoms with Gasteiger partial charge in [0.15, 0.2) is 17.4 Å². The first kappa shape index (κ1) is 13.5. The van der Waals surface area contributed by atoms with Crippen molar-refractivity contribution in [1.82, 2.24) is 0 Å². The van der Waals surface area contributed by atoms with Crippen molar-refractivity contribution in [3.05, 3.63) is 65.2 Å². The zero-order chi connectivity index (χ0) is 13.7. The van der Waals surface area contributed by atoms with Crippen molar-refractivity contribution < 1.29 is 13.5 Å². The number of benzene rings is 2. The fourth-order valence-electron chi connectivity index (χ4n) is 1.79. The van der Waals surface area contributed by atoms with E-state index in [1.165, 1.54) is 12.1 Å². The van der Waals surface area contributed by atoms with Crippen LogP contribution >= 0.6 is 0 Å². The predicted molar refractivity (Wildman–Crippen MR) is 69.9 cm³/mol. The smallest absolute Gasteiger partial charge is 0.191 e. The summed E-state index contributed by atoms with van der Waals surface area (Å²) < 4.78 is 32.7. The standard InChI is InChI=1S/C15H15F2NO/c16-13-8-12(6-7-18)9-14(17)15(13)19-10-11-4-2-1-3-5-11/h1-5,8-9H,6-7,10,18H2. The van der Waals surface area contributed by atoms with Crippen molar-refractivity contribution in [2.75, 3.05) is 6.54 Å². The molecule has 2 aromatic carbocycles. The third-order valence-electron chi connectivity index (χ3n) is 2.72. The van der Waals surface area contributed by atoms with Gasteiger partial charge in [-0.15, -0.1) is 0 Å². The number of rotatable bonds is 5. The molecule has 2 N–H and O–H groups in total. The maximum atomic E-state index is 13.7. The molecule has 2 rings (SSSR count). The van der Waals surface area contributed by atoms with Gasteiger partial charge in [0.2, 0.25) is 0 Å². The second kappa shape index (κ2) is 6.29. The fraction of sp³-hybridized carbons (Fsp3) is 0.200. The molecule has 4 heteroatoms. The molecule has 0 amide bonds. The van der Waals surface area contributed by atoms with Crippen LogP contribution in [0.1, 0.15) is 11.1 Å². The Balaban J connectivity index is 2.12. The van der Waals surface area contributed by atoms with Gasteiger partial charge in [-0.2, -0.15) is 0 Å². The third kappa shape index (κ3) is 3.51. The number of ether oxygens (including phenoxy) is 1. The predicted octanol–water partition coefficient (Wildman–Crippen LogP) is 3.05. The number of nitrogens with two attached hydrogens (primary N) is 1. The zero-order valence-electron chi connectivity index (χ0n) is 10.4. The Bertz CT molecular complexity index is 520. The van der Waals surface area contributed by atoms with Gasteiger partial charge in [0.25, 0.3) is 0 Å². The molecule has 0 spiro atoms. The largest absolute Gasteiger partial charge is 0.483 e. The van der Waals surface area contributed by atoms with Gasteiger partial charge in [-0.1, -0.05) is 30.3 Å². The Morgan fingerprint density at radius 2 is 1.58 bits per heavy atom. The van der Waals surface area contributed by atoms with Gasteiger partial charge in [0, 0.05) is 0 Å². The molecule has 0 aliphatic rings. The molecule has 0 heterocycles. The van der Waals surface area contributed by atoms with E-state index in [-0.39, 0.29) is 12.4 Å². The molecule has 2 aromatic rings. The van der Waals surface area contributed by atoms with Gasteiger partial charge in [-0.05, 0) is 36.2 Å². The van der Waals surface area contributed by atoms with E-state index in [1.54, 1.807) is 0 Å². The lowest BCUT2D eigenvalue weighted by molar-refractivity contribution is 0.274. The molecule has 0 aliphatic heterocycles.